The van der Waals surface area contributed by atoms with Crippen LogP contribution in [-0.4, -0.2) is 14.9 Å². The quantitative estimate of drug-likeness (QED) is 0.428. The molecule has 0 aromatic carbocycles. The van der Waals surface area contributed by atoms with Gasteiger partial charge in [0, 0.05) is 0 Å². The van der Waals surface area contributed by atoms with Crippen LogP contribution < -0.4 is 5.69 Å². The van der Waals surface area contributed by atoms with Crippen molar-refractivity contribution in [3.63, 3.8) is 0 Å². The number of nitrogens with one attached hydrogen (secondary N) is 1. The molecule has 1 aromatic heterocycles. The van der Waals surface area contributed by atoms with Crippen molar-refractivity contribution < 1.29 is 4.92 Å². The summed E-state index contributed by atoms with van der Waals surface area (Å²) in [6, 6.07) is 0. The molecule has 0 aliphatic carbocycles. The van der Waals surface area contributed by atoms with Crippen LogP contribution in [0.2, 0.25) is 0 Å². The minimum absolute atomic E-state index is 0.223. The van der Waals surface area contributed by atoms with Crippen LogP contribution in [0.3, 0.4) is 0 Å². The normalized spacial score (nSPS) is 9.20. The Morgan fingerprint density at radius 1 is 1.70 bits per heavy atom. The van der Waals surface area contributed by atoms with E-state index in [9.17, 15) is 14.9 Å². The molecule has 1 rings (SSSR count). The predicted molar refractivity (Wildman–Crippen MR) is 31.5 cm³/mol. The van der Waals surface area contributed by atoms with Gasteiger partial charge in [-0.3, -0.25) is 10.1 Å². The minimum atomic E-state index is -0.636. The third-order valence-electron chi connectivity index (χ3n) is 0.868. The lowest BCUT2D eigenvalue weighted by Crippen LogP contribution is -2.08. The van der Waals surface area contributed by atoms with E-state index in [-0.39, 0.29) is 5.69 Å². The van der Waals surface area contributed by atoms with Crippen LogP contribution in [0.25, 0.3) is 0 Å². The SMILES string of the molecule is O=c1ncc([N+](=O)[O-])c[nH]1. The van der Waals surface area contributed by atoms with Crippen molar-refractivity contribution >= 4 is 5.69 Å². The van der Waals surface area contributed by atoms with Gasteiger partial charge in [-0.1, -0.05) is 0 Å². The van der Waals surface area contributed by atoms with Gasteiger partial charge in [-0.2, -0.15) is 4.98 Å². The molecule has 0 bridgehead atoms. The predicted octanol–water partition coefficient (Wildman–Crippen LogP) is -0.322. The number of hydrogen-bond donors (Lipinski definition) is 1. The fourth-order valence-corrected chi connectivity index (χ4v) is 0.435. The van der Waals surface area contributed by atoms with Gasteiger partial charge in [0.05, 0.1) is 11.1 Å². The maximum Gasteiger partial charge on any atom is 0.345 e. The van der Waals surface area contributed by atoms with Crippen LogP contribution in [0.5, 0.6) is 0 Å². The highest BCUT2D eigenvalue weighted by atomic mass is 16.6. The first kappa shape index (κ1) is 6.40. The minimum Gasteiger partial charge on any atom is -0.306 e. The summed E-state index contributed by atoms with van der Waals surface area (Å²) >= 11 is 0. The van der Waals surface area contributed by atoms with Gasteiger partial charge in [0.1, 0.15) is 6.20 Å². The third-order valence-corrected chi connectivity index (χ3v) is 0.868. The molecule has 6 heteroatoms. The van der Waals surface area contributed by atoms with E-state index < -0.39 is 10.6 Å². The molecule has 52 valence electrons. The Hall–Kier alpha value is -1.72. The standard InChI is InChI=1S/C4H3N3O3/c8-4-5-1-3(2-6-4)7(9)10/h1-2H,(H,5,6,8). The van der Waals surface area contributed by atoms with Gasteiger partial charge in [0.15, 0.2) is 0 Å². The van der Waals surface area contributed by atoms with Gasteiger partial charge in [-0.25, -0.2) is 4.79 Å². The van der Waals surface area contributed by atoms with Gasteiger partial charge >= 0.3 is 11.4 Å². The van der Waals surface area contributed by atoms with Gasteiger partial charge in [0.25, 0.3) is 0 Å². The molecule has 10 heavy (non-hydrogen) atoms. The fourth-order valence-electron chi connectivity index (χ4n) is 0.435. The van der Waals surface area contributed by atoms with Crippen molar-refractivity contribution in [1.29, 1.82) is 0 Å². The van der Waals surface area contributed by atoms with E-state index >= 15 is 0 Å². The van der Waals surface area contributed by atoms with Gasteiger partial charge in [-0.15, -0.1) is 0 Å². The first-order chi connectivity index (χ1) is 4.70. The Bertz CT molecular complexity index is 284. The molecule has 0 radical (unpaired) electrons. The van der Waals surface area contributed by atoms with Crippen molar-refractivity contribution in [1.82, 2.24) is 9.97 Å². The van der Waals surface area contributed by atoms with Crippen LogP contribution in [0.1, 0.15) is 0 Å². The molecule has 0 spiro atoms. The summed E-state index contributed by atoms with van der Waals surface area (Å²) < 4.78 is 0. The molecule has 0 unspecified atom stereocenters. The first-order valence-corrected chi connectivity index (χ1v) is 2.39. The largest absolute Gasteiger partial charge is 0.345 e. The van der Waals surface area contributed by atoms with Crippen LogP contribution in [0.4, 0.5) is 5.69 Å². The second-order valence-electron chi connectivity index (χ2n) is 1.53. The number of H-pyrrole nitrogens is 1. The molecule has 0 fully saturated rings. The zero-order chi connectivity index (χ0) is 7.56. The molecule has 0 saturated heterocycles. The number of hydrogen-bond acceptors (Lipinski definition) is 4. The Morgan fingerprint density at radius 2 is 2.40 bits per heavy atom. The number of nitro groups is 1. The summed E-state index contributed by atoms with van der Waals surface area (Å²) in [6.07, 6.45) is 1.90. The van der Waals surface area contributed by atoms with Gasteiger partial charge in [-0.05, 0) is 0 Å². The molecule has 1 aromatic rings. The molecule has 1 heterocycles. The summed E-state index contributed by atoms with van der Waals surface area (Å²) in [5, 5.41) is 9.96. The summed E-state index contributed by atoms with van der Waals surface area (Å²) in [7, 11) is 0. The number of aromatic nitrogens is 2. The van der Waals surface area contributed by atoms with E-state index in [2.05, 4.69) is 9.97 Å². The summed E-state index contributed by atoms with van der Waals surface area (Å²) in [5.74, 6) is 0. The van der Waals surface area contributed by atoms with Gasteiger partial charge in [0.2, 0.25) is 0 Å². The van der Waals surface area contributed by atoms with E-state index in [0.29, 0.717) is 0 Å². The number of rotatable bonds is 1. The smallest absolute Gasteiger partial charge is 0.306 e. The number of aromatic amines is 1. The van der Waals surface area contributed by atoms with Gasteiger partial charge < -0.3 is 4.98 Å². The van der Waals surface area contributed by atoms with Crippen LogP contribution >= 0.6 is 0 Å². The average molecular weight is 141 g/mol. The monoisotopic (exact) mass is 141 g/mol. The average Bonchev–Trinajstić information content (AvgIpc) is 1.88. The molecule has 0 aliphatic rings. The molecule has 0 saturated carbocycles. The molecular formula is C4H3N3O3. The highest BCUT2D eigenvalue weighted by molar-refractivity contribution is 5.18. The van der Waals surface area contributed by atoms with E-state index in [1.54, 1.807) is 0 Å². The maximum atomic E-state index is 10.3. The summed E-state index contributed by atoms with van der Waals surface area (Å²) in [5.41, 5.74) is -0.815. The number of nitrogens with zero attached hydrogens (tertiary/aromatic N) is 2. The lowest BCUT2D eigenvalue weighted by molar-refractivity contribution is -0.385. The van der Waals surface area contributed by atoms with Crippen molar-refractivity contribution in [3.8, 4) is 0 Å². The van der Waals surface area contributed by atoms with Crippen LogP contribution in [0.15, 0.2) is 17.2 Å². The Labute approximate surface area is 54.7 Å². The zero-order valence-corrected chi connectivity index (χ0v) is 4.77. The molecular weight excluding hydrogens is 138 g/mol. The maximum absolute atomic E-state index is 10.3. The molecule has 0 atom stereocenters. The third kappa shape index (κ3) is 1.16. The molecule has 6 nitrogen and oxygen atoms in total. The Morgan fingerprint density at radius 3 is 2.80 bits per heavy atom. The zero-order valence-electron chi connectivity index (χ0n) is 4.77. The Balaban J connectivity index is 3.12. The van der Waals surface area contributed by atoms with E-state index in [1.165, 1.54) is 0 Å². The molecule has 1 N–H and O–H groups in total. The van der Waals surface area contributed by atoms with E-state index in [0.717, 1.165) is 12.4 Å². The lowest BCUT2D eigenvalue weighted by atomic mass is 10.6. The van der Waals surface area contributed by atoms with Crippen molar-refractivity contribution in [2.75, 3.05) is 0 Å². The highest BCUT2D eigenvalue weighted by Gasteiger charge is 2.02. The first-order valence-electron chi connectivity index (χ1n) is 2.39. The Kier molecular flexibility index (Phi) is 1.44. The molecule has 0 amide bonds. The van der Waals surface area contributed by atoms with Crippen LogP contribution in [0, 0.1) is 10.1 Å². The second-order valence-corrected chi connectivity index (χ2v) is 1.53. The van der Waals surface area contributed by atoms with Crippen molar-refractivity contribution in [2.45, 2.75) is 0 Å². The van der Waals surface area contributed by atoms with Crippen molar-refractivity contribution in [2.24, 2.45) is 0 Å². The lowest BCUT2D eigenvalue weighted by Gasteiger charge is -1.85. The van der Waals surface area contributed by atoms with E-state index in [1.807, 2.05) is 0 Å². The second kappa shape index (κ2) is 2.26. The van der Waals surface area contributed by atoms with E-state index in [4.69, 9.17) is 0 Å². The fraction of sp³-hybridized carbons (Fsp3) is 0. The molecule has 0 aliphatic heterocycles. The van der Waals surface area contributed by atoms with Crippen LogP contribution in [-0.2, 0) is 0 Å². The van der Waals surface area contributed by atoms with Crippen molar-refractivity contribution in [3.05, 3.63) is 33.0 Å². The summed E-state index contributed by atoms with van der Waals surface area (Å²) in [6.45, 7) is 0. The summed E-state index contributed by atoms with van der Waals surface area (Å²) in [4.78, 5) is 24.8. The topological polar surface area (TPSA) is 88.9 Å². The highest BCUT2D eigenvalue weighted by Crippen LogP contribution is 2.00.